The number of carbonyl (C=O) groups is 1. The van der Waals surface area contributed by atoms with Crippen molar-refractivity contribution in [2.75, 3.05) is 0 Å². The number of hydrogen-bond acceptors (Lipinski definition) is 5. The van der Waals surface area contributed by atoms with Crippen LogP contribution in [-0.4, -0.2) is 30.0 Å². The number of halogens is 2. The number of thiazole rings is 1. The molecule has 0 aliphatic heterocycles. The van der Waals surface area contributed by atoms with E-state index in [-0.39, 0.29) is 17.0 Å². The number of hydrogen-bond donors (Lipinski definition) is 2. The van der Waals surface area contributed by atoms with Crippen molar-refractivity contribution < 1.29 is 22.9 Å². The van der Waals surface area contributed by atoms with Crippen molar-refractivity contribution in [3.05, 3.63) is 106 Å². The summed E-state index contributed by atoms with van der Waals surface area (Å²) in [6, 6.07) is 16.6. The third-order valence-corrected chi connectivity index (χ3v) is 8.90. The molecule has 5 aromatic rings. The Morgan fingerprint density at radius 1 is 1.07 bits per heavy atom. The van der Waals surface area contributed by atoms with Crippen molar-refractivity contribution >= 4 is 28.3 Å². The number of carboxylic acid groups (broad SMARTS) is 1. The van der Waals surface area contributed by atoms with Crippen LogP contribution in [0.1, 0.15) is 45.7 Å². The van der Waals surface area contributed by atoms with E-state index in [4.69, 9.17) is 10.2 Å². The van der Waals surface area contributed by atoms with Gasteiger partial charge in [0.2, 0.25) is 5.13 Å². The van der Waals surface area contributed by atoms with Crippen LogP contribution in [0.4, 0.5) is 8.78 Å². The largest absolute Gasteiger partial charge is 0.476 e. The average molecular weight is 605 g/mol. The highest BCUT2D eigenvalue weighted by atomic mass is 32.2. The molecule has 0 saturated heterocycles. The molecule has 1 fully saturated rings. The summed E-state index contributed by atoms with van der Waals surface area (Å²) in [6.07, 6.45) is 2.92. The predicted molar refractivity (Wildman–Crippen MR) is 158 cm³/mol. The zero-order chi connectivity index (χ0) is 29.5. The van der Waals surface area contributed by atoms with E-state index < -0.39 is 28.6 Å². The average Bonchev–Trinajstić information content (AvgIpc) is 3.51. The molecule has 1 atom stereocenters. The Balaban J connectivity index is 1.56. The first-order valence-electron chi connectivity index (χ1n) is 13.3. The van der Waals surface area contributed by atoms with Gasteiger partial charge in [-0.2, -0.15) is 5.10 Å². The van der Waals surface area contributed by atoms with Crippen LogP contribution in [0.15, 0.2) is 70.9 Å². The van der Waals surface area contributed by atoms with Gasteiger partial charge in [-0.3, -0.25) is 0 Å². The van der Waals surface area contributed by atoms with Gasteiger partial charge < -0.3 is 5.11 Å². The maximum atomic E-state index is 15.3. The van der Waals surface area contributed by atoms with Crippen molar-refractivity contribution in [1.29, 1.82) is 0 Å². The summed E-state index contributed by atoms with van der Waals surface area (Å²) in [5.41, 5.74) is 5.06. The SMILES string of the molecule is Cc1ccc(-c2cc(-c3c(Cc4ccc(S(N)=O)cc4F)c(CC4CC4)nn3-c3nc(C(=O)O)cs3)ccc2F)cc1. The molecule has 214 valence electrons. The van der Waals surface area contributed by atoms with Crippen molar-refractivity contribution in [2.24, 2.45) is 11.1 Å². The zero-order valence-electron chi connectivity index (χ0n) is 22.5. The zero-order valence-corrected chi connectivity index (χ0v) is 24.1. The molecule has 6 rings (SSSR count). The van der Waals surface area contributed by atoms with Crippen LogP contribution < -0.4 is 5.14 Å². The van der Waals surface area contributed by atoms with E-state index in [0.717, 1.165) is 41.0 Å². The summed E-state index contributed by atoms with van der Waals surface area (Å²) in [5.74, 6) is -1.67. The Bertz CT molecular complexity index is 1850. The molecule has 42 heavy (non-hydrogen) atoms. The highest BCUT2D eigenvalue weighted by Crippen LogP contribution is 2.39. The van der Waals surface area contributed by atoms with E-state index in [2.05, 4.69) is 4.98 Å². The van der Waals surface area contributed by atoms with Crippen molar-refractivity contribution in [3.63, 3.8) is 0 Å². The minimum atomic E-state index is -1.83. The summed E-state index contributed by atoms with van der Waals surface area (Å²) in [6.45, 7) is 1.96. The normalized spacial score (nSPS) is 13.8. The number of nitrogens with zero attached hydrogens (tertiary/aromatic N) is 3. The van der Waals surface area contributed by atoms with Crippen LogP contribution in [0.25, 0.3) is 27.5 Å². The van der Waals surface area contributed by atoms with Crippen LogP contribution in [0.2, 0.25) is 0 Å². The number of carboxylic acids is 1. The molecule has 0 amide bonds. The van der Waals surface area contributed by atoms with Crippen LogP contribution in [0, 0.1) is 24.5 Å². The molecule has 2 heterocycles. The van der Waals surface area contributed by atoms with E-state index in [9.17, 15) is 14.1 Å². The van der Waals surface area contributed by atoms with Crippen LogP contribution >= 0.6 is 11.3 Å². The first-order valence-corrected chi connectivity index (χ1v) is 15.4. The second-order valence-corrected chi connectivity index (χ2v) is 12.3. The maximum absolute atomic E-state index is 15.3. The number of rotatable bonds is 9. The van der Waals surface area contributed by atoms with Crippen molar-refractivity contribution in [1.82, 2.24) is 14.8 Å². The van der Waals surface area contributed by atoms with E-state index >= 15 is 8.78 Å². The van der Waals surface area contributed by atoms with Gasteiger partial charge in [0, 0.05) is 28.5 Å². The minimum absolute atomic E-state index is 0.113. The molecule has 1 aliphatic carbocycles. The van der Waals surface area contributed by atoms with E-state index in [1.807, 2.05) is 31.2 Å². The third kappa shape index (κ3) is 5.67. The van der Waals surface area contributed by atoms with Gasteiger partial charge in [-0.05, 0) is 73.6 Å². The topological polar surface area (TPSA) is 111 Å². The Morgan fingerprint density at radius 2 is 1.81 bits per heavy atom. The minimum Gasteiger partial charge on any atom is -0.476 e. The monoisotopic (exact) mass is 604 g/mol. The van der Waals surface area contributed by atoms with Gasteiger partial charge in [-0.15, -0.1) is 11.3 Å². The fraction of sp³-hybridized carbons (Fsp3) is 0.194. The van der Waals surface area contributed by atoms with Gasteiger partial charge in [0.05, 0.1) is 16.3 Å². The van der Waals surface area contributed by atoms with Gasteiger partial charge in [0.1, 0.15) is 22.6 Å². The molecular weight excluding hydrogens is 578 g/mol. The van der Waals surface area contributed by atoms with E-state index in [0.29, 0.717) is 45.4 Å². The molecular formula is C31H26F2N4O3S2. The smallest absolute Gasteiger partial charge is 0.355 e. The number of aromatic nitrogens is 3. The number of aromatic carboxylic acids is 1. The standard InChI is InChI=1S/C31H26F2N4O3S2/c1-17-2-6-19(7-3-17)23-14-21(9-11-25(23)32)29-24(13-20-8-10-22(42(34)40)15-26(20)33)27(12-18-4-5-18)36-37(29)31-35-28(16-41-31)30(38)39/h2-3,6-11,14-16,18H,4-5,12-13,34H2,1H3,(H,38,39). The van der Waals surface area contributed by atoms with Gasteiger partial charge in [0.25, 0.3) is 0 Å². The molecule has 3 aromatic carbocycles. The fourth-order valence-corrected chi connectivity index (χ4v) is 6.12. The summed E-state index contributed by atoms with van der Waals surface area (Å²) in [7, 11) is -1.83. The highest BCUT2D eigenvalue weighted by molar-refractivity contribution is 7.82. The maximum Gasteiger partial charge on any atom is 0.355 e. The van der Waals surface area contributed by atoms with Gasteiger partial charge in [0.15, 0.2) is 5.69 Å². The van der Waals surface area contributed by atoms with Crippen LogP contribution in [0.3, 0.4) is 0 Å². The second kappa shape index (κ2) is 11.3. The summed E-state index contributed by atoms with van der Waals surface area (Å²) in [4.78, 5) is 16.1. The summed E-state index contributed by atoms with van der Waals surface area (Å²) >= 11 is 1.13. The quantitative estimate of drug-likeness (QED) is 0.200. The van der Waals surface area contributed by atoms with Crippen molar-refractivity contribution in [2.45, 2.75) is 37.5 Å². The molecule has 1 aliphatic rings. The third-order valence-electron chi connectivity index (χ3n) is 7.36. The molecule has 1 saturated carbocycles. The molecule has 0 radical (unpaired) electrons. The first kappa shape index (κ1) is 28.1. The number of benzene rings is 3. The molecule has 0 bridgehead atoms. The molecule has 7 nitrogen and oxygen atoms in total. The lowest BCUT2D eigenvalue weighted by Gasteiger charge is -2.12. The Morgan fingerprint density at radius 3 is 2.45 bits per heavy atom. The van der Waals surface area contributed by atoms with E-state index in [1.54, 1.807) is 22.9 Å². The van der Waals surface area contributed by atoms with Crippen molar-refractivity contribution in [3.8, 4) is 27.5 Å². The molecule has 11 heteroatoms. The Labute approximate surface area is 247 Å². The molecule has 0 spiro atoms. The van der Waals surface area contributed by atoms with Gasteiger partial charge in [-0.1, -0.05) is 35.9 Å². The van der Waals surface area contributed by atoms with Gasteiger partial charge >= 0.3 is 5.97 Å². The Hall–Kier alpha value is -4.06. The Kier molecular flexibility index (Phi) is 7.56. The highest BCUT2D eigenvalue weighted by Gasteiger charge is 2.29. The van der Waals surface area contributed by atoms with Crippen LogP contribution in [-0.2, 0) is 23.8 Å². The predicted octanol–water partition coefficient (Wildman–Crippen LogP) is 6.47. The molecule has 3 N–H and O–H groups in total. The lowest BCUT2D eigenvalue weighted by molar-refractivity contribution is 0.0691. The summed E-state index contributed by atoms with van der Waals surface area (Å²) in [5, 5.41) is 21.7. The van der Waals surface area contributed by atoms with Crippen LogP contribution in [0.5, 0.6) is 0 Å². The lowest BCUT2D eigenvalue weighted by Crippen LogP contribution is -2.05. The molecule has 2 aromatic heterocycles. The molecule has 1 unspecified atom stereocenters. The first-order chi connectivity index (χ1) is 20.2. The number of nitrogens with two attached hydrogens (primary N) is 1. The number of aryl methyl sites for hydroxylation is 1. The van der Waals surface area contributed by atoms with E-state index in [1.165, 1.54) is 23.6 Å². The second-order valence-electron chi connectivity index (χ2n) is 10.4. The van der Waals surface area contributed by atoms with Gasteiger partial charge in [-0.25, -0.2) is 32.6 Å². The fourth-order valence-electron chi connectivity index (χ4n) is 4.95. The lowest BCUT2D eigenvalue weighted by atomic mass is 9.94. The summed E-state index contributed by atoms with van der Waals surface area (Å²) < 4.78 is 43.8.